The Balaban J connectivity index is 2.60. The Hall–Kier alpha value is -1.62. The fourth-order valence-corrected chi connectivity index (χ4v) is 1.79. The molecule has 0 aromatic carbocycles. The molecular weight excluding hydrogens is 240 g/mol. The molecule has 0 aliphatic carbocycles. The van der Waals surface area contributed by atoms with E-state index in [2.05, 4.69) is 29.6 Å². The number of carbonyl (C=O) groups excluding carboxylic acids is 1. The van der Waals surface area contributed by atoms with Crippen LogP contribution in [0.25, 0.3) is 0 Å². The Bertz CT molecular complexity index is 396. The zero-order chi connectivity index (χ0) is 14.3. The van der Waals surface area contributed by atoms with Crippen LogP contribution in [0.15, 0.2) is 12.1 Å². The van der Waals surface area contributed by atoms with Crippen LogP contribution in [-0.2, 0) is 6.42 Å². The molecule has 0 atom stereocenters. The number of hydrazine groups is 1. The van der Waals surface area contributed by atoms with Gasteiger partial charge in [-0.05, 0) is 37.3 Å². The Labute approximate surface area is 115 Å². The Morgan fingerprint density at radius 1 is 1.42 bits per heavy atom. The predicted octanol–water partition coefficient (Wildman–Crippen LogP) is 2.10. The van der Waals surface area contributed by atoms with Crippen LogP contribution in [0.2, 0.25) is 0 Å². The van der Waals surface area contributed by atoms with Crippen molar-refractivity contribution in [3.8, 4) is 0 Å². The lowest BCUT2D eigenvalue weighted by molar-refractivity contribution is 0.0952. The van der Waals surface area contributed by atoms with Crippen LogP contribution in [0.4, 0.5) is 5.82 Å². The molecule has 0 fully saturated rings. The first kappa shape index (κ1) is 15.4. The molecule has 0 bridgehead atoms. The first-order valence-electron chi connectivity index (χ1n) is 6.82. The molecule has 5 heteroatoms. The van der Waals surface area contributed by atoms with E-state index in [0.717, 1.165) is 25.0 Å². The minimum atomic E-state index is -0.0719. The van der Waals surface area contributed by atoms with Crippen molar-refractivity contribution in [1.82, 2.24) is 10.3 Å². The van der Waals surface area contributed by atoms with E-state index in [1.807, 2.05) is 6.92 Å². The summed E-state index contributed by atoms with van der Waals surface area (Å²) in [6.45, 7) is 7.05. The lowest BCUT2D eigenvalue weighted by Crippen LogP contribution is -2.25. The van der Waals surface area contributed by atoms with E-state index in [1.165, 1.54) is 0 Å². The third-order valence-electron chi connectivity index (χ3n) is 2.89. The van der Waals surface area contributed by atoms with Crippen LogP contribution < -0.4 is 16.6 Å². The lowest BCUT2D eigenvalue weighted by Gasteiger charge is -2.09. The van der Waals surface area contributed by atoms with E-state index in [4.69, 9.17) is 5.84 Å². The highest BCUT2D eigenvalue weighted by Gasteiger charge is 2.08. The quantitative estimate of drug-likeness (QED) is 0.400. The molecule has 0 aliphatic heterocycles. The van der Waals surface area contributed by atoms with Crippen molar-refractivity contribution in [2.45, 2.75) is 40.0 Å². The normalized spacial score (nSPS) is 10.6. The van der Waals surface area contributed by atoms with Gasteiger partial charge in [0.1, 0.15) is 5.82 Å². The predicted molar refractivity (Wildman–Crippen MR) is 77.8 cm³/mol. The number of nitrogens with one attached hydrogen (secondary N) is 2. The van der Waals surface area contributed by atoms with E-state index in [1.54, 1.807) is 12.1 Å². The maximum absolute atomic E-state index is 12.0. The molecule has 0 saturated carbocycles. The molecule has 1 rings (SSSR count). The SMILES string of the molecule is CCc1cc(C(=O)NCCCC(C)C)cc(NN)n1. The third-order valence-corrected chi connectivity index (χ3v) is 2.89. The summed E-state index contributed by atoms with van der Waals surface area (Å²) in [5.74, 6) is 6.47. The molecule has 0 aliphatic rings. The van der Waals surface area contributed by atoms with Crippen molar-refractivity contribution < 1.29 is 4.79 Å². The Morgan fingerprint density at radius 3 is 2.74 bits per heavy atom. The fourth-order valence-electron chi connectivity index (χ4n) is 1.79. The second-order valence-corrected chi connectivity index (χ2v) is 5.02. The van der Waals surface area contributed by atoms with Crippen LogP contribution in [0.1, 0.15) is 49.7 Å². The summed E-state index contributed by atoms with van der Waals surface area (Å²) in [5, 5.41) is 2.92. The number of nitrogens with two attached hydrogens (primary N) is 1. The fraction of sp³-hybridized carbons (Fsp3) is 0.571. The van der Waals surface area contributed by atoms with Gasteiger partial charge in [-0.15, -0.1) is 0 Å². The number of hydrogen-bond donors (Lipinski definition) is 3. The van der Waals surface area contributed by atoms with Crippen LogP contribution in [-0.4, -0.2) is 17.4 Å². The van der Waals surface area contributed by atoms with Gasteiger partial charge in [0.25, 0.3) is 5.91 Å². The highest BCUT2D eigenvalue weighted by Crippen LogP contribution is 2.10. The number of nitrogens with zero attached hydrogens (tertiary/aromatic N) is 1. The second-order valence-electron chi connectivity index (χ2n) is 5.02. The van der Waals surface area contributed by atoms with Gasteiger partial charge in [-0.3, -0.25) is 4.79 Å². The van der Waals surface area contributed by atoms with Crippen molar-refractivity contribution in [3.63, 3.8) is 0 Å². The maximum atomic E-state index is 12.0. The van der Waals surface area contributed by atoms with Gasteiger partial charge in [0.15, 0.2) is 0 Å². The van der Waals surface area contributed by atoms with Crippen LogP contribution in [0.5, 0.6) is 0 Å². The Kier molecular flexibility index (Phi) is 6.29. The van der Waals surface area contributed by atoms with Gasteiger partial charge >= 0.3 is 0 Å². The molecule has 1 heterocycles. The van der Waals surface area contributed by atoms with Gasteiger partial charge in [0, 0.05) is 17.8 Å². The van der Waals surface area contributed by atoms with Crippen LogP contribution >= 0.6 is 0 Å². The minimum absolute atomic E-state index is 0.0719. The highest BCUT2D eigenvalue weighted by atomic mass is 16.1. The molecular formula is C14H24N4O. The summed E-state index contributed by atoms with van der Waals surface area (Å²) in [6, 6.07) is 3.47. The average Bonchev–Trinajstić information content (AvgIpc) is 2.42. The van der Waals surface area contributed by atoms with Gasteiger partial charge in [-0.25, -0.2) is 10.8 Å². The molecule has 1 aromatic rings. The highest BCUT2D eigenvalue weighted by molar-refractivity contribution is 5.94. The number of nitrogen functional groups attached to an aromatic ring is 1. The number of pyridine rings is 1. The number of rotatable bonds is 7. The molecule has 1 amide bonds. The van der Waals surface area contributed by atoms with Crippen molar-refractivity contribution in [2.24, 2.45) is 11.8 Å². The van der Waals surface area contributed by atoms with Crippen LogP contribution in [0, 0.1) is 5.92 Å². The summed E-state index contributed by atoms with van der Waals surface area (Å²) in [5.41, 5.74) is 3.94. The second kappa shape index (κ2) is 7.74. The molecule has 0 unspecified atom stereocenters. The van der Waals surface area contributed by atoms with Gasteiger partial charge in [-0.1, -0.05) is 20.8 Å². The van der Waals surface area contributed by atoms with E-state index in [0.29, 0.717) is 23.8 Å². The summed E-state index contributed by atoms with van der Waals surface area (Å²) in [7, 11) is 0. The minimum Gasteiger partial charge on any atom is -0.352 e. The largest absolute Gasteiger partial charge is 0.352 e. The summed E-state index contributed by atoms with van der Waals surface area (Å²) in [6.07, 6.45) is 2.88. The molecule has 1 aromatic heterocycles. The number of aromatic nitrogens is 1. The van der Waals surface area contributed by atoms with Crippen molar-refractivity contribution in [1.29, 1.82) is 0 Å². The summed E-state index contributed by atoms with van der Waals surface area (Å²) in [4.78, 5) is 16.3. The topological polar surface area (TPSA) is 80.0 Å². The smallest absolute Gasteiger partial charge is 0.251 e. The molecule has 5 nitrogen and oxygen atoms in total. The average molecular weight is 264 g/mol. The zero-order valence-corrected chi connectivity index (χ0v) is 12.0. The van der Waals surface area contributed by atoms with Gasteiger partial charge in [-0.2, -0.15) is 0 Å². The van der Waals surface area contributed by atoms with Crippen molar-refractivity contribution >= 4 is 11.7 Å². The first-order chi connectivity index (χ1) is 9.06. The number of anilines is 1. The first-order valence-corrected chi connectivity index (χ1v) is 6.82. The third kappa shape index (κ3) is 5.26. The van der Waals surface area contributed by atoms with Gasteiger partial charge in [0.05, 0.1) is 0 Å². The van der Waals surface area contributed by atoms with E-state index < -0.39 is 0 Å². The number of hydrogen-bond acceptors (Lipinski definition) is 4. The number of carbonyl (C=O) groups is 1. The molecule has 0 radical (unpaired) electrons. The standard InChI is InChI=1S/C14H24N4O/c1-4-12-8-11(9-13(17-12)18-15)14(19)16-7-5-6-10(2)3/h8-10H,4-7,15H2,1-3H3,(H,16,19)(H,17,18). The molecule has 106 valence electrons. The van der Waals surface area contributed by atoms with E-state index in [-0.39, 0.29) is 5.91 Å². The summed E-state index contributed by atoms with van der Waals surface area (Å²) < 4.78 is 0. The van der Waals surface area contributed by atoms with E-state index in [9.17, 15) is 4.79 Å². The molecule has 19 heavy (non-hydrogen) atoms. The van der Waals surface area contributed by atoms with E-state index >= 15 is 0 Å². The van der Waals surface area contributed by atoms with Crippen molar-refractivity contribution in [3.05, 3.63) is 23.4 Å². The number of amides is 1. The molecule has 4 N–H and O–H groups in total. The van der Waals surface area contributed by atoms with Crippen molar-refractivity contribution in [2.75, 3.05) is 12.0 Å². The monoisotopic (exact) mass is 264 g/mol. The lowest BCUT2D eigenvalue weighted by atomic mass is 10.1. The van der Waals surface area contributed by atoms with Crippen LogP contribution in [0.3, 0.4) is 0 Å². The Morgan fingerprint density at radius 2 is 2.16 bits per heavy atom. The molecule has 0 spiro atoms. The maximum Gasteiger partial charge on any atom is 0.251 e. The van der Waals surface area contributed by atoms with Gasteiger partial charge < -0.3 is 10.7 Å². The molecule has 0 saturated heterocycles. The van der Waals surface area contributed by atoms with Gasteiger partial charge in [0.2, 0.25) is 0 Å². The number of aryl methyl sites for hydroxylation is 1. The zero-order valence-electron chi connectivity index (χ0n) is 12.0. The summed E-state index contributed by atoms with van der Waals surface area (Å²) >= 11 is 0.